The van der Waals surface area contributed by atoms with E-state index < -0.39 is 0 Å². The maximum atomic E-state index is 5.36. The average Bonchev–Trinajstić information content (AvgIpc) is 2.81. The quantitative estimate of drug-likeness (QED) is 0.866. The highest BCUT2D eigenvalue weighted by atomic mass is 79.9. The molecular weight excluding hydrogens is 312 g/mol. The molecule has 1 aliphatic heterocycles. The number of nitrogens with one attached hydrogen (secondary N) is 1. The van der Waals surface area contributed by atoms with Gasteiger partial charge in [-0.3, -0.25) is 4.90 Å². The van der Waals surface area contributed by atoms with Crippen LogP contribution in [0.4, 0.5) is 0 Å². The second-order valence-corrected chi connectivity index (χ2v) is 6.57. The number of halogens is 1. The van der Waals surface area contributed by atoms with Gasteiger partial charge in [0, 0.05) is 35.0 Å². The lowest BCUT2D eigenvalue weighted by molar-refractivity contribution is 0.0364. The van der Waals surface area contributed by atoms with Crippen LogP contribution in [-0.4, -0.2) is 43.8 Å². The van der Waals surface area contributed by atoms with Crippen LogP contribution in [0.5, 0.6) is 0 Å². The van der Waals surface area contributed by atoms with Gasteiger partial charge in [-0.2, -0.15) is 0 Å². The molecule has 1 aromatic rings. The van der Waals surface area contributed by atoms with Crippen molar-refractivity contribution in [1.29, 1.82) is 0 Å². The molecule has 102 valence electrons. The Kier molecular flexibility index (Phi) is 6.11. The van der Waals surface area contributed by atoms with E-state index in [4.69, 9.17) is 4.74 Å². The summed E-state index contributed by atoms with van der Waals surface area (Å²) in [4.78, 5) is 3.87. The Morgan fingerprint density at radius 1 is 1.50 bits per heavy atom. The first-order chi connectivity index (χ1) is 8.75. The number of morpholine rings is 1. The van der Waals surface area contributed by atoms with Crippen LogP contribution in [0, 0.1) is 0 Å². The molecular formula is C13H21BrN2OS. The molecule has 1 atom stereocenters. The van der Waals surface area contributed by atoms with E-state index >= 15 is 0 Å². The molecule has 2 heterocycles. The van der Waals surface area contributed by atoms with Gasteiger partial charge in [-0.15, -0.1) is 11.3 Å². The van der Waals surface area contributed by atoms with E-state index in [1.54, 1.807) is 11.3 Å². The molecule has 0 spiro atoms. The first-order valence-electron chi connectivity index (χ1n) is 6.51. The number of thiophene rings is 1. The number of rotatable bonds is 6. The number of hydrogen-bond acceptors (Lipinski definition) is 4. The zero-order chi connectivity index (χ0) is 12.8. The van der Waals surface area contributed by atoms with Crippen LogP contribution in [0.2, 0.25) is 0 Å². The fourth-order valence-corrected chi connectivity index (χ4v) is 3.46. The van der Waals surface area contributed by atoms with Gasteiger partial charge in [0.05, 0.1) is 13.2 Å². The summed E-state index contributed by atoms with van der Waals surface area (Å²) in [5.74, 6) is 0. The lowest BCUT2D eigenvalue weighted by atomic mass is 10.2. The first kappa shape index (κ1) is 14.5. The normalized spacial score (nSPS) is 19.0. The van der Waals surface area contributed by atoms with Gasteiger partial charge in [0.2, 0.25) is 0 Å². The van der Waals surface area contributed by atoms with Gasteiger partial charge in [0.25, 0.3) is 0 Å². The largest absolute Gasteiger partial charge is 0.379 e. The van der Waals surface area contributed by atoms with E-state index in [9.17, 15) is 0 Å². The van der Waals surface area contributed by atoms with E-state index in [1.165, 1.54) is 22.3 Å². The first-order valence-corrected chi connectivity index (χ1v) is 8.18. The topological polar surface area (TPSA) is 24.5 Å². The zero-order valence-electron chi connectivity index (χ0n) is 10.8. The molecule has 1 N–H and O–H groups in total. The predicted molar refractivity (Wildman–Crippen MR) is 80.2 cm³/mol. The molecule has 0 radical (unpaired) electrons. The van der Waals surface area contributed by atoms with E-state index in [0.29, 0.717) is 6.04 Å². The van der Waals surface area contributed by atoms with Crippen molar-refractivity contribution in [2.75, 3.05) is 32.8 Å². The molecule has 18 heavy (non-hydrogen) atoms. The highest BCUT2D eigenvalue weighted by Gasteiger charge is 2.11. The maximum Gasteiger partial charge on any atom is 0.0594 e. The molecule has 1 aliphatic rings. The standard InChI is InChI=1S/C13H21BrN2OS/c1-11(2-4-16-5-7-17-8-6-16)15-10-13-12(14)3-9-18-13/h3,9,11,15H,2,4-8,10H2,1H3. The van der Waals surface area contributed by atoms with Gasteiger partial charge in [0.1, 0.15) is 0 Å². The Bertz CT molecular complexity index is 353. The third-order valence-corrected chi connectivity index (χ3v) is 5.21. The summed E-state index contributed by atoms with van der Waals surface area (Å²) in [6.07, 6.45) is 1.20. The molecule has 1 fully saturated rings. The van der Waals surface area contributed by atoms with Crippen molar-refractivity contribution in [3.63, 3.8) is 0 Å². The lowest BCUT2D eigenvalue weighted by Crippen LogP contribution is -2.39. The van der Waals surface area contributed by atoms with Gasteiger partial charge >= 0.3 is 0 Å². The van der Waals surface area contributed by atoms with Crippen molar-refractivity contribution in [3.05, 3.63) is 20.8 Å². The smallest absolute Gasteiger partial charge is 0.0594 e. The average molecular weight is 333 g/mol. The summed E-state index contributed by atoms with van der Waals surface area (Å²) >= 11 is 5.37. The highest BCUT2D eigenvalue weighted by molar-refractivity contribution is 9.10. The minimum Gasteiger partial charge on any atom is -0.379 e. The maximum absolute atomic E-state index is 5.36. The van der Waals surface area contributed by atoms with Crippen molar-refractivity contribution in [2.45, 2.75) is 25.9 Å². The van der Waals surface area contributed by atoms with Crippen LogP contribution in [0.15, 0.2) is 15.9 Å². The summed E-state index contributed by atoms with van der Waals surface area (Å²) in [5, 5.41) is 5.71. The third kappa shape index (κ3) is 4.63. The summed E-state index contributed by atoms with van der Waals surface area (Å²) in [6.45, 7) is 8.36. The molecule has 1 aromatic heterocycles. The van der Waals surface area contributed by atoms with Crippen LogP contribution in [-0.2, 0) is 11.3 Å². The minimum atomic E-state index is 0.557. The molecule has 2 rings (SSSR count). The van der Waals surface area contributed by atoms with Crippen LogP contribution in [0.3, 0.4) is 0 Å². The molecule has 1 unspecified atom stereocenters. The van der Waals surface area contributed by atoms with Crippen LogP contribution in [0.1, 0.15) is 18.2 Å². The summed E-state index contributed by atoms with van der Waals surface area (Å²) in [5.41, 5.74) is 0. The monoisotopic (exact) mass is 332 g/mol. The minimum absolute atomic E-state index is 0.557. The van der Waals surface area contributed by atoms with Crippen molar-refractivity contribution in [1.82, 2.24) is 10.2 Å². The number of ether oxygens (including phenoxy) is 1. The van der Waals surface area contributed by atoms with E-state index in [-0.39, 0.29) is 0 Å². The lowest BCUT2D eigenvalue weighted by Gasteiger charge is -2.27. The molecule has 0 aromatic carbocycles. The van der Waals surface area contributed by atoms with E-state index in [0.717, 1.165) is 32.8 Å². The molecule has 5 heteroatoms. The van der Waals surface area contributed by atoms with Crippen LogP contribution in [0.25, 0.3) is 0 Å². The fourth-order valence-electron chi connectivity index (χ4n) is 2.02. The summed E-state index contributed by atoms with van der Waals surface area (Å²) in [7, 11) is 0. The molecule has 3 nitrogen and oxygen atoms in total. The van der Waals surface area contributed by atoms with Crippen LogP contribution < -0.4 is 5.32 Å². The molecule has 0 aliphatic carbocycles. The van der Waals surface area contributed by atoms with Crippen molar-refractivity contribution in [2.24, 2.45) is 0 Å². The van der Waals surface area contributed by atoms with Gasteiger partial charge in [-0.1, -0.05) is 0 Å². The van der Waals surface area contributed by atoms with E-state index in [2.05, 4.69) is 44.5 Å². The Morgan fingerprint density at radius 2 is 2.28 bits per heavy atom. The third-order valence-electron chi connectivity index (χ3n) is 3.28. The summed E-state index contributed by atoms with van der Waals surface area (Å²) in [6, 6.07) is 2.67. The fraction of sp³-hybridized carbons (Fsp3) is 0.692. The van der Waals surface area contributed by atoms with Crippen LogP contribution >= 0.6 is 27.3 Å². The van der Waals surface area contributed by atoms with Crippen molar-refractivity contribution in [3.8, 4) is 0 Å². The van der Waals surface area contributed by atoms with Gasteiger partial charge in [-0.05, 0) is 47.3 Å². The number of hydrogen-bond donors (Lipinski definition) is 1. The van der Waals surface area contributed by atoms with Gasteiger partial charge in [-0.25, -0.2) is 0 Å². The predicted octanol–water partition coefficient (Wildman–Crippen LogP) is 2.71. The molecule has 1 saturated heterocycles. The summed E-state index contributed by atoms with van der Waals surface area (Å²) < 4.78 is 6.58. The highest BCUT2D eigenvalue weighted by Crippen LogP contribution is 2.22. The number of nitrogens with zero attached hydrogens (tertiary/aromatic N) is 1. The van der Waals surface area contributed by atoms with Crippen molar-refractivity contribution >= 4 is 27.3 Å². The van der Waals surface area contributed by atoms with Gasteiger partial charge in [0.15, 0.2) is 0 Å². The van der Waals surface area contributed by atoms with Crippen molar-refractivity contribution < 1.29 is 4.74 Å². The van der Waals surface area contributed by atoms with E-state index in [1.807, 2.05) is 0 Å². The molecule has 0 saturated carbocycles. The second kappa shape index (κ2) is 7.60. The Hall–Kier alpha value is 0.0600. The van der Waals surface area contributed by atoms with Gasteiger partial charge < -0.3 is 10.1 Å². The molecule has 0 bridgehead atoms. The Morgan fingerprint density at radius 3 is 2.94 bits per heavy atom. The SMILES string of the molecule is CC(CCN1CCOCC1)NCc1sccc1Br. The Balaban J connectivity index is 1.62. The molecule has 0 amide bonds. The zero-order valence-corrected chi connectivity index (χ0v) is 13.2. The second-order valence-electron chi connectivity index (χ2n) is 4.72. The Labute approximate surface area is 122 Å².